The third-order valence-corrected chi connectivity index (χ3v) is 5.21. The second-order valence-corrected chi connectivity index (χ2v) is 7.26. The lowest BCUT2D eigenvalue weighted by Gasteiger charge is -2.14. The predicted molar refractivity (Wildman–Crippen MR) is 85.6 cm³/mol. The van der Waals surface area contributed by atoms with Gasteiger partial charge in [-0.1, -0.05) is 32.8 Å². The number of benzene rings is 1. The van der Waals surface area contributed by atoms with E-state index in [4.69, 9.17) is 0 Å². The van der Waals surface area contributed by atoms with E-state index in [2.05, 4.69) is 25.2 Å². The van der Waals surface area contributed by atoms with E-state index < -0.39 is 0 Å². The molecule has 0 bridgehead atoms. The molecule has 0 unspecified atom stereocenters. The summed E-state index contributed by atoms with van der Waals surface area (Å²) in [6.45, 7) is 5.91. The van der Waals surface area contributed by atoms with Crippen LogP contribution in [0.1, 0.15) is 45.1 Å². The van der Waals surface area contributed by atoms with Gasteiger partial charge in [-0.2, -0.15) is 0 Å². The monoisotopic (exact) mass is 295 g/mol. The average molecular weight is 295 g/mol. The normalized spacial score (nSPS) is 16.2. The van der Waals surface area contributed by atoms with Crippen LogP contribution in [0.15, 0.2) is 23.1 Å². The van der Waals surface area contributed by atoms with Crippen molar-refractivity contribution in [3.63, 3.8) is 0 Å². The van der Waals surface area contributed by atoms with Crippen LogP contribution in [0.5, 0.6) is 0 Å². The SMILES string of the molecule is CC(C)CNCc1c(F)cccc1SCC1CCCC1. The summed E-state index contributed by atoms with van der Waals surface area (Å²) in [5.41, 5.74) is 0.844. The molecule has 0 spiro atoms. The second kappa shape index (κ2) is 8.04. The van der Waals surface area contributed by atoms with Crippen molar-refractivity contribution in [2.75, 3.05) is 12.3 Å². The first-order valence-corrected chi connectivity index (χ1v) is 8.76. The van der Waals surface area contributed by atoms with Gasteiger partial charge in [0.2, 0.25) is 0 Å². The molecule has 0 saturated heterocycles. The van der Waals surface area contributed by atoms with E-state index in [9.17, 15) is 4.39 Å². The molecule has 0 atom stereocenters. The first kappa shape index (κ1) is 15.8. The Morgan fingerprint density at radius 3 is 2.75 bits per heavy atom. The zero-order valence-electron chi connectivity index (χ0n) is 12.6. The van der Waals surface area contributed by atoms with Crippen molar-refractivity contribution in [1.82, 2.24) is 5.32 Å². The van der Waals surface area contributed by atoms with Gasteiger partial charge in [0.05, 0.1) is 0 Å². The van der Waals surface area contributed by atoms with E-state index >= 15 is 0 Å². The van der Waals surface area contributed by atoms with Crippen molar-refractivity contribution >= 4 is 11.8 Å². The smallest absolute Gasteiger partial charge is 0.128 e. The van der Waals surface area contributed by atoms with Gasteiger partial charge in [-0.05, 0) is 43.4 Å². The maximum atomic E-state index is 14.0. The summed E-state index contributed by atoms with van der Waals surface area (Å²) in [6, 6.07) is 5.47. The van der Waals surface area contributed by atoms with E-state index in [1.54, 1.807) is 6.07 Å². The Kier molecular flexibility index (Phi) is 6.37. The van der Waals surface area contributed by atoms with E-state index in [1.807, 2.05) is 17.8 Å². The van der Waals surface area contributed by atoms with Crippen molar-refractivity contribution in [3.8, 4) is 0 Å². The minimum absolute atomic E-state index is 0.0716. The summed E-state index contributed by atoms with van der Waals surface area (Å²) in [6.07, 6.45) is 5.45. The van der Waals surface area contributed by atoms with Crippen LogP contribution in [0.2, 0.25) is 0 Å². The first-order chi connectivity index (χ1) is 9.66. The predicted octanol–water partition coefficient (Wildman–Crippen LogP) is 4.85. The van der Waals surface area contributed by atoms with Gasteiger partial charge in [0.25, 0.3) is 0 Å². The molecule has 3 heteroatoms. The van der Waals surface area contributed by atoms with Crippen LogP contribution in [-0.2, 0) is 6.54 Å². The van der Waals surface area contributed by atoms with Crippen LogP contribution in [0.4, 0.5) is 4.39 Å². The molecule has 2 rings (SSSR count). The van der Waals surface area contributed by atoms with Gasteiger partial charge in [-0.25, -0.2) is 4.39 Å². The van der Waals surface area contributed by atoms with Gasteiger partial charge in [0, 0.05) is 22.8 Å². The summed E-state index contributed by atoms with van der Waals surface area (Å²) in [5, 5.41) is 3.36. The molecule has 1 saturated carbocycles. The highest BCUT2D eigenvalue weighted by Gasteiger charge is 2.16. The van der Waals surface area contributed by atoms with Gasteiger partial charge < -0.3 is 5.32 Å². The lowest BCUT2D eigenvalue weighted by atomic mass is 10.1. The van der Waals surface area contributed by atoms with Crippen molar-refractivity contribution in [2.24, 2.45) is 11.8 Å². The number of nitrogens with one attached hydrogen (secondary N) is 1. The third-order valence-electron chi connectivity index (χ3n) is 3.88. The highest BCUT2D eigenvalue weighted by atomic mass is 32.2. The van der Waals surface area contributed by atoms with E-state index in [0.29, 0.717) is 12.5 Å². The largest absolute Gasteiger partial charge is 0.312 e. The molecule has 1 aromatic carbocycles. The first-order valence-electron chi connectivity index (χ1n) is 7.77. The number of hydrogen-bond donors (Lipinski definition) is 1. The lowest BCUT2D eigenvalue weighted by Crippen LogP contribution is -2.20. The molecule has 0 aromatic heterocycles. The van der Waals surface area contributed by atoms with E-state index in [0.717, 1.165) is 28.7 Å². The molecule has 112 valence electrons. The zero-order valence-corrected chi connectivity index (χ0v) is 13.4. The van der Waals surface area contributed by atoms with Crippen LogP contribution in [-0.4, -0.2) is 12.3 Å². The fraction of sp³-hybridized carbons (Fsp3) is 0.647. The molecule has 0 radical (unpaired) electrons. The zero-order chi connectivity index (χ0) is 14.4. The topological polar surface area (TPSA) is 12.0 Å². The molecule has 0 aliphatic heterocycles. The summed E-state index contributed by atoms with van der Waals surface area (Å²) >= 11 is 1.84. The Morgan fingerprint density at radius 2 is 2.05 bits per heavy atom. The molecule has 1 nitrogen and oxygen atoms in total. The molecule has 1 fully saturated rings. The van der Waals surface area contributed by atoms with Crippen molar-refractivity contribution in [2.45, 2.75) is 51.0 Å². The second-order valence-electron chi connectivity index (χ2n) is 6.20. The molecular formula is C17H26FNS. The number of hydrogen-bond acceptors (Lipinski definition) is 2. The van der Waals surface area contributed by atoms with Gasteiger partial charge in [0.1, 0.15) is 5.82 Å². The van der Waals surface area contributed by atoms with Crippen LogP contribution in [0, 0.1) is 17.7 Å². The van der Waals surface area contributed by atoms with Crippen LogP contribution < -0.4 is 5.32 Å². The summed E-state index contributed by atoms with van der Waals surface area (Å²) in [4.78, 5) is 1.12. The number of rotatable bonds is 7. The average Bonchev–Trinajstić information content (AvgIpc) is 2.91. The maximum absolute atomic E-state index is 14.0. The number of halogens is 1. The van der Waals surface area contributed by atoms with Crippen LogP contribution in [0.25, 0.3) is 0 Å². The van der Waals surface area contributed by atoms with Gasteiger partial charge in [-0.3, -0.25) is 0 Å². The van der Waals surface area contributed by atoms with Crippen molar-refractivity contribution in [1.29, 1.82) is 0 Å². The molecule has 20 heavy (non-hydrogen) atoms. The van der Waals surface area contributed by atoms with Gasteiger partial charge in [0.15, 0.2) is 0 Å². The quantitative estimate of drug-likeness (QED) is 0.721. The Labute approximate surface area is 126 Å². The highest BCUT2D eigenvalue weighted by Crippen LogP contribution is 2.33. The summed E-state index contributed by atoms with van der Waals surface area (Å²) in [7, 11) is 0. The molecule has 1 aromatic rings. The minimum Gasteiger partial charge on any atom is -0.312 e. The minimum atomic E-state index is -0.0716. The molecule has 1 N–H and O–H groups in total. The Hall–Kier alpha value is -0.540. The summed E-state index contributed by atoms with van der Waals surface area (Å²) < 4.78 is 14.0. The molecule has 1 aliphatic carbocycles. The van der Waals surface area contributed by atoms with Crippen molar-refractivity contribution in [3.05, 3.63) is 29.6 Å². The highest BCUT2D eigenvalue weighted by molar-refractivity contribution is 7.99. The fourth-order valence-corrected chi connectivity index (χ4v) is 3.98. The van der Waals surface area contributed by atoms with Crippen molar-refractivity contribution < 1.29 is 4.39 Å². The fourth-order valence-electron chi connectivity index (χ4n) is 2.72. The molecule has 1 aliphatic rings. The van der Waals surface area contributed by atoms with Gasteiger partial charge in [-0.15, -0.1) is 11.8 Å². The van der Waals surface area contributed by atoms with Crippen LogP contribution >= 0.6 is 11.8 Å². The summed E-state index contributed by atoms with van der Waals surface area (Å²) in [5.74, 6) is 2.49. The Bertz CT molecular complexity index is 413. The molecule has 0 heterocycles. The Balaban J connectivity index is 1.93. The van der Waals surface area contributed by atoms with E-state index in [-0.39, 0.29) is 5.82 Å². The molecular weight excluding hydrogens is 269 g/mol. The Morgan fingerprint density at radius 1 is 1.30 bits per heavy atom. The standard InChI is InChI=1S/C17H26FNS/c1-13(2)10-19-11-15-16(18)8-5-9-17(15)20-12-14-6-3-4-7-14/h5,8-9,13-14,19H,3-4,6-7,10-12H2,1-2H3. The number of thioether (sulfide) groups is 1. The maximum Gasteiger partial charge on any atom is 0.128 e. The third kappa shape index (κ3) is 4.78. The molecule has 0 amide bonds. The van der Waals surface area contributed by atoms with Crippen LogP contribution in [0.3, 0.4) is 0 Å². The lowest BCUT2D eigenvalue weighted by molar-refractivity contribution is 0.530. The van der Waals surface area contributed by atoms with Gasteiger partial charge >= 0.3 is 0 Å². The van der Waals surface area contributed by atoms with E-state index in [1.165, 1.54) is 25.7 Å².